The first-order valence-electron chi connectivity index (χ1n) is 9.54. The van der Waals surface area contributed by atoms with Crippen LogP contribution in [0.15, 0.2) is 36.4 Å². The van der Waals surface area contributed by atoms with Gasteiger partial charge in [-0.2, -0.15) is 0 Å². The molecule has 0 aliphatic carbocycles. The zero-order valence-electron chi connectivity index (χ0n) is 16.6. The first kappa shape index (κ1) is 20.4. The number of fused-ring (bicyclic) bond motifs is 1. The van der Waals surface area contributed by atoms with E-state index in [0.29, 0.717) is 35.6 Å². The second-order valence-corrected chi connectivity index (χ2v) is 7.49. The molecule has 0 bridgehead atoms. The maximum atomic E-state index is 14.4. The van der Waals surface area contributed by atoms with Gasteiger partial charge in [0.2, 0.25) is 0 Å². The van der Waals surface area contributed by atoms with Gasteiger partial charge in [-0.05, 0) is 19.1 Å². The average molecular weight is 417 g/mol. The van der Waals surface area contributed by atoms with Crippen LogP contribution in [-0.4, -0.2) is 30.3 Å². The van der Waals surface area contributed by atoms with Crippen molar-refractivity contribution >= 4 is 16.6 Å². The molecule has 3 aromatic rings. The quantitative estimate of drug-likeness (QED) is 0.565. The van der Waals surface area contributed by atoms with Gasteiger partial charge < -0.3 is 20.5 Å². The van der Waals surface area contributed by atoms with E-state index in [9.17, 15) is 18.3 Å². The van der Waals surface area contributed by atoms with Crippen molar-refractivity contribution in [2.24, 2.45) is 0 Å². The number of ether oxygens (including phenoxy) is 1. The van der Waals surface area contributed by atoms with Gasteiger partial charge in [0, 0.05) is 53.6 Å². The summed E-state index contributed by atoms with van der Waals surface area (Å²) in [4.78, 5) is 4.53. The van der Waals surface area contributed by atoms with E-state index in [1.54, 1.807) is 12.1 Å². The third-order valence-electron chi connectivity index (χ3n) is 5.41. The van der Waals surface area contributed by atoms with Crippen LogP contribution in [-0.2, 0) is 12.1 Å². The van der Waals surface area contributed by atoms with E-state index in [0.717, 1.165) is 17.1 Å². The molecule has 0 saturated carbocycles. The molecule has 0 spiro atoms. The number of benzene rings is 2. The number of aryl methyl sites for hydroxylation is 1. The van der Waals surface area contributed by atoms with Gasteiger partial charge in [-0.3, -0.25) is 4.98 Å². The lowest BCUT2D eigenvalue weighted by Gasteiger charge is -2.38. The molecule has 8 heteroatoms. The van der Waals surface area contributed by atoms with Crippen molar-refractivity contribution < 1.29 is 23.0 Å². The van der Waals surface area contributed by atoms with Crippen LogP contribution in [0.2, 0.25) is 0 Å². The summed E-state index contributed by atoms with van der Waals surface area (Å²) in [6, 6.07) is 9.35. The average Bonchev–Trinajstić information content (AvgIpc) is 2.69. The number of nitrogens with zero attached hydrogens (tertiary/aromatic N) is 1. The highest BCUT2D eigenvalue weighted by Gasteiger charge is 2.39. The highest BCUT2D eigenvalue weighted by atomic mass is 19.3. The standard InChI is InChI=1S/C22H22F3N3O2/c1-12-6-17(27-9-13-4-3-5-14(20(13)23)21(24)25)15-7-16(22(29)10-26-11-22)19(30-2)8-18(15)28-12/h3-8,21,26,29H,9-11H2,1-2H3,(H,27,28). The Kier molecular flexibility index (Phi) is 5.29. The van der Waals surface area contributed by atoms with E-state index < -0.39 is 23.4 Å². The Balaban J connectivity index is 1.74. The predicted octanol–water partition coefficient (Wildman–Crippen LogP) is 4.03. The highest BCUT2D eigenvalue weighted by molar-refractivity contribution is 5.93. The maximum Gasteiger partial charge on any atom is 0.266 e. The van der Waals surface area contributed by atoms with Gasteiger partial charge in [-0.25, -0.2) is 13.2 Å². The lowest BCUT2D eigenvalue weighted by Crippen LogP contribution is -2.56. The summed E-state index contributed by atoms with van der Waals surface area (Å²) in [5, 5.41) is 17.7. The number of anilines is 1. The molecular formula is C22H22F3N3O2. The fourth-order valence-electron chi connectivity index (χ4n) is 3.71. The van der Waals surface area contributed by atoms with Crippen LogP contribution in [0.1, 0.15) is 28.8 Å². The van der Waals surface area contributed by atoms with Crippen LogP contribution >= 0.6 is 0 Å². The smallest absolute Gasteiger partial charge is 0.266 e. The third kappa shape index (κ3) is 3.57. The molecule has 0 radical (unpaired) electrons. The fraction of sp³-hybridized carbons (Fsp3) is 0.318. The van der Waals surface area contributed by atoms with E-state index >= 15 is 0 Å². The molecule has 1 fully saturated rings. The molecule has 4 rings (SSSR count). The summed E-state index contributed by atoms with van der Waals surface area (Å²) < 4.78 is 45.8. The van der Waals surface area contributed by atoms with Gasteiger partial charge in [0.25, 0.3) is 6.43 Å². The number of hydrogen-bond acceptors (Lipinski definition) is 5. The Bertz CT molecular complexity index is 1100. The van der Waals surface area contributed by atoms with Crippen molar-refractivity contribution in [3.63, 3.8) is 0 Å². The van der Waals surface area contributed by atoms with Crippen LogP contribution in [0.25, 0.3) is 10.9 Å². The molecule has 1 aliphatic heterocycles. The van der Waals surface area contributed by atoms with Gasteiger partial charge in [0.1, 0.15) is 17.2 Å². The van der Waals surface area contributed by atoms with E-state index in [4.69, 9.17) is 4.74 Å². The number of alkyl halides is 2. The Hall–Kier alpha value is -2.84. The number of rotatable bonds is 6. The number of methoxy groups -OCH3 is 1. The number of pyridine rings is 1. The van der Waals surface area contributed by atoms with Crippen molar-refractivity contribution in [1.29, 1.82) is 0 Å². The Labute approximate surface area is 171 Å². The second kappa shape index (κ2) is 7.77. The first-order valence-corrected chi connectivity index (χ1v) is 9.54. The van der Waals surface area contributed by atoms with Crippen molar-refractivity contribution in [3.8, 4) is 5.75 Å². The molecule has 0 amide bonds. The van der Waals surface area contributed by atoms with Crippen molar-refractivity contribution in [2.75, 3.05) is 25.5 Å². The molecule has 30 heavy (non-hydrogen) atoms. The van der Waals surface area contributed by atoms with E-state index in [1.165, 1.54) is 19.2 Å². The molecule has 2 heterocycles. The Morgan fingerprint density at radius 2 is 2.03 bits per heavy atom. The minimum Gasteiger partial charge on any atom is -0.496 e. The first-order chi connectivity index (χ1) is 14.3. The zero-order valence-corrected chi connectivity index (χ0v) is 16.6. The van der Waals surface area contributed by atoms with Crippen molar-refractivity contribution in [1.82, 2.24) is 10.3 Å². The van der Waals surface area contributed by atoms with Gasteiger partial charge >= 0.3 is 0 Å². The number of aromatic nitrogens is 1. The Morgan fingerprint density at radius 3 is 2.67 bits per heavy atom. The Morgan fingerprint density at radius 1 is 1.27 bits per heavy atom. The molecule has 158 valence electrons. The second-order valence-electron chi connectivity index (χ2n) is 7.49. The van der Waals surface area contributed by atoms with E-state index in [2.05, 4.69) is 15.6 Å². The van der Waals surface area contributed by atoms with E-state index in [-0.39, 0.29) is 12.1 Å². The van der Waals surface area contributed by atoms with Crippen molar-refractivity contribution in [3.05, 3.63) is 64.6 Å². The van der Waals surface area contributed by atoms with Crippen LogP contribution in [0.4, 0.5) is 18.9 Å². The van der Waals surface area contributed by atoms with E-state index in [1.807, 2.05) is 13.0 Å². The third-order valence-corrected chi connectivity index (χ3v) is 5.41. The minimum atomic E-state index is -2.87. The largest absolute Gasteiger partial charge is 0.496 e. The SMILES string of the molecule is COc1cc2nc(C)cc(NCc3cccc(C(F)F)c3F)c2cc1C1(O)CNC1. The molecule has 0 atom stereocenters. The van der Waals surface area contributed by atoms with Gasteiger partial charge in [0.05, 0.1) is 18.2 Å². The monoisotopic (exact) mass is 417 g/mol. The topological polar surface area (TPSA) is 66.4 Å². The van der Waals surface area contributed by atoms with Crippen molar-refractivity contribution in [2.45, 2.75) is 25.5 Å². The normalized spacial score (nSPS) is 15.3. The minimum absolute atomic E-state index is 0.0259. The highest BCUT2D eigenvalue weighted by Crippen LogP contribution is 2.38. The van der Waals surface area contributed by atoms with Gasteiger partial charge in [0.15, 0.2) is 0 Å². The summed E-state index contributed by atoms with van der Waals surface area (Å²) in [5.74, 6) is -0.376. The fourth-order valence-corrected chi connectivity index (χ4v) is 3.71. The lowest BCUT2D eigenvalue weighted by molar-refractivity contribution is -0.0163. The number of halogens is 3. The summed E-state index contributed by atoms with van der Waals surface area (Å²) in [7, 11) is 1.54. The lowest BCUT2D eigenvalue weighted by atomic mass is 9.86. The van der Waals surface area contributed by atoms with Gasteiger partial charge in [-0.1, -0.05) is 18.2 Å². The molecule has 1 saturated heterocycles. The number of aliphatic hydroxyl groups is 1. The molecule has 2 aromatic carbocycles. The maximum absolute atomic E-state index is 14.4. The van der Waals surface area contributed by atoms with Crippen LogP contribution in [0.3, 0.4) is 0 Å². The predicted molar refractivity (Wildman–Crippen MR) is 108 cm³/mol. The van der Waals surface area contributed by atoms with Gasteiger partial charge in [-0.15, -0.1) is 0 Å². The van der Waals surface area contributed by atoms with Crippen LogP contribution < -0.4 is 15.4 Å². The molecule has 1 aliphatic rings. The summed E-state index contributed by atoms with van der Waals surface area (Å²) >= 11 is 0. The molecule has 3 N–H and O–H groups in total. The van der Waals surface area contributed by atoms with Crippen LogP contribution in [0.5, 0.6) is 5.75 Å². The summed E-state index contributed by atoms with van der Waals surface area (Å²) in [6.45, 7) is 2.66. The van der Waals surface area contributed by atoms with Crippen LogP contribution in [0, 0.1) is 12.7 Å². The molecule has 5 nitrogen and oxygen atoms in total. The summed E-state index contributed by atoms with van der Waals surface area (Å²) in [5.41, 5.74) is 1.17. The number of hydrogen-bond donors (Lipinski definition) is 3. The number of β-amino-alcohol motifs (C(OH)–C–C–N with tert-alkyl or cyclic N) is 1. The summed E-state index contributed by atoms with van der Waals surface area (Å²) in [6.07, 6.45) is -2.87. The zero-order chi connectivity index (χ0) is 21.5. The molecule has 1 aromatic heterocycles. The molecule has 0 unspecified atom stereocenters. The number of nitrogens with one attached hydrogen (secondary N) is 2. The molecular weight excluding hydrogens is 395 g/mol.